The largest absolute Gasteiger partial charge is 1.00 e. The van der Waals surface area contributed by atoms with Crippen molar-refractivity contribution in [3.05, 3.63) is 17.0 Å². The van der Waals surface area contributed by atoms with Crippen LogP contribution >= 0.6 is 11.3 Å². The van der Waals surface area contributed by atoms with Gasteiger partial charge in [0.25, 0.3) is 0 Å². The quantitative estimate of drug-likeness (QED) is 0.453. The number of hydrogen-bond acceptors (Lipinski definition) is 3. The van der Waals surface area contributed by atoms with Crippen LogP contribution < -0.4 is 39.4 Å². The Morgan fingerprint density at radius 3 is 2.67 bits per heavy atom. The zero-order valence-corrected chi connectivity index (χ0v) is 12.3. The van der Waals surface area contributed by atoms with Crippen molar-refractivity contribution in [3.8, 4) is 0 Å². The summed E-state index contributed by atoms with van der Waals surface area (Å²) in [6.45, 7) is 2.19. The summed E-state index contributed by atoms with van der Waals surface area (Å²) in [7, 11) is -1.55. The Morgan fingerprint density at radius 2 is 2.13 bits per heavy atom. The topological polar surface area (TPSA) is 43.3 Å². The molecule has 1 aromatic rings. The standard InChI is InChI=1S/C10H16BO2S.Na/c1-2-3-4-5-6-9-7-10(11(12)13)14-8-9;/h7-8,12H,2-6H2,1H3;/q-1;+1. The van der Waals surface area contributed by atoms with E-state index in [9.17, 15) is 5.02 Å². The molecule has 1 aromatic heterocycles. The third-order valence-corrected chi connectivity index (χ3v) is 3.25. The van der Waals surface area contributed by atoms with Crippen LogP contribution in [0.2, 0.25) is 0 Å². The first-order chi connectivity index (χ1) is 6.74. The van der Waals surface area contributed by atoms with E-state index in [-0.39, 0.29) is 29.6 Å². The Hall–Kier alpha value is 0.685. The summed E-state index contributed by atoms with van der Waals surface area (Å²) in [5.74, 6) is 0. The van der Waals surface area contributed by atoms with Crippen LogP contribution in [0.3, 0.4) is 0 Å². The van der Waals surface area contributed by atoms with Crippen LogP contribution in [0.15, 0.2) is 11.4 Å². The molecule has 0 spiro atoms. The fourth-order valence-electron chi connectivity index (χ4n) is 1.41. The molecule has 1 heterocycles. The van der Waals surface area contributed by atoms with Gasteiger partial charge in [-0.1, -0.05) is 32.3 Å². The Bertz CT molecular complexity index is 266. The molecular weight excluding hydrogens is 218 g/mol. The minimum Gasteiger partial charge on any atom is -0.852 e. The molecule has 0 saturated heterocycles. The van der Waals surface area contributed by atoms with E-state index >= 15 is 0 Å². The summed E-state index contributed by atoms with van der Waals surface area (Å²) in [5.41, 5.74) is 1.19. The smallest absolute Gasteiger partial charge is 0.852 e. The fourth-order valence-corrected chi connectivity index (χ4v) is 2.22. The van der Waals surface area contributed by atoms with E-state index in [2.05, 4.69) is 6.92 Å². The molecule has 0 radical (unpaired) electrons. The van der Waals surface area contributed by atoms with Gasteiger partial charge in [0.05, 0.1) is 0 Å². The van der Waals surface area contributed by atoms with Gasteiger partial charge in [0.2, 0.25) is 7.12 Å². The molecule has 78 valence electrons. The van der Waals surface area contributed by atoms with Gasteiger partial charge in [-0.15, -0.1) is 0 Å². The molecular formula is C10H16BNaO2S. The van der Waals surface area contributed by atoms with E-state index in [1.807, 2.05) is 11.4 Å². The SMILES string of the molecule is CCCCCCc1csc(B([O-])O)c1.[Na+]. The molecule has 1 N–H and O–H groups in total. The third kappa shape index (κ3) is 6.10. The van der Waals surface area contributed by atoms with E-state index in [4.69, 9.17) is 5.02 Å². The third-order valence-electron chi connectivity index (χ3n) is 2.24. The van der Waals surface area contributed by atoms with Gasteiger partial charge in [-0.3, -0.25) is 0 Å². The van der Waals surface area contributed by atoms with E-state index in [0.717, 1.165) is 6.42 Å². The second kappa shape index (κ2) is 8.79. The first-order valence-corrected chi connectivity index (χ1v) is 6.03. The van der Waals surface area contributed by atoms with Crippen molar-refractivity contribution in [2.75, 3.05) is 0 Å². The van der Waals surface area contributed by atoms with Crippen LogP contribution in [0, 0.1) is 0 Å². The van der Waals surface area contributed by atoms with Crippen molar-refractivity contribution in [2.45, 2.75) is 39.0 Å². The number of unbranched alkanes of at least 4 members (excludes halogenated alkanes) is 3. The molecule has 0 aliphatic carbocycles. The van der Waals surface area contributed by atoms with Gasteiger partial charge in [0, 0.05) is 0 Å². The molecule has 0 aliphatic rings. The van der Waals surface area contributed by atoms with Crippen LogP contribution in [-0.2, 0) is 6.42 Å². The molecule has 2 nitrogen and oxygen atoms in total. The molecule has 0 aromatic carbocycles. The van der Waals surface area contributed by atoms with E-state index in [0.29, 0.717) is 4.78 Å². The minimum absolute atomic E-state index is 0. The monoisotopic (exact) mass is 234 g/mol. The van der Waals surface area contributed by atoms with Crippen molar-refractivity contribution in [1.29, 1.82) is 0 Å². The van der Waals surface area contributed by atoms with Gasteiger partial charge in [-0.25, -0.2) is 0 Å². The molecule has 0 saturated carbocycles. The van der Waals surface area contributed by atoms with Crippen LogP contribution in [0.4, 0.5) is 0 Å². The maximum Gasteiger partial charge on any atom is 1.00 e. The van der Waals surface area contributed by atoms with Gasteiger partial charge < -0.3 is 10.0 Å². The van der Waals surface area contributed by atoms with Crippen LogP contribution in [0.5, 0.6) is 0 Å². The molecule has 5 heteroatoms. The molecule has 1 rings (SSSR count). The summed E-state index contributed by atoms with van der Waals surface area (Å²) >= 11 is 1.36. The molecule has 0 aliphatic heterocycles. The van der Waals surface area contributed by atoms with Crippen LogP contribution in [-0.4, -0.2) is 12.1 Å². The summed E-state index contributed by atoms with van der Waals surface area (Å²) in [6.07, 6.45) is 5.99. The van der Waals surface area contributed by atoms with Gasteiger partial charge in [0.15, 0.2) is 0 Å². The Balaban J connectivity index is 0.00000196. The summed E-state index contributed by atoms with van der Waals surface area (Å²) in [4.78, 5) is 0. The fraction of sp³-hybridized carbons (Fsp3) is 0.600. The van der Waals surface area contributed by atoms with E-state index < -0.39 is 7.12 Å². The predicted octanol–water partition coefficient (Wildman–Crippen LogP) is -2.08. The number of rotatable bonds is 6. The summed E-state index contributed by atoms with van der Waals surface area (Å²) in [6, 6.07) is 1.83. The summed E-state index contributed by atoms with van der Waals surface area (Å²) in [5, 5.41) is 21.5. The molecule has 0 bridgehead atoms. The molecule has 15 heavy (non-hydrogen) atoms. The summed E-state index contributed by atoms with van der Waals surface area (Å²) < 4.78 is 0.537. The van der Waals surface area contributed by atoms with Crippen molar-refractivity contribution in [1.82, 2.24) is 0 Å². The number of thiophene rings is 1. The number of aryl methyl sites for hydroxylation is 1. The van der Waals surface area contributed by atoms with Gasteiger partial charge in [0.1, 0.15) is 0 Å². The second-order valence-corrected chi connectivity index (χ2v) is 4.46. The average Bonchev–Trinajstić information content (AvgIpc) is 2.61. The Labute approximate surface area is 118 Å². The van der Waals surface area contributed by atoms with E-state index in [1.54, 1.807) is 0 Å². The van der Waals surface area contributed by atoms with Gasteiger partial charge in [-0.2, -0.15) is 11.3 Å². The maximum absolute atomic E-state index is 10.7. The van der Waals surface area contributed by atoms with Crippen molar-refractivity contribution in [3.63, 3.8) is 0 Å². The normalized spacial score (nSPS) is 9.80. The first kappa shape index (κ1) is 15.7. The van der Waals surface area contributed by atoms with Gasteiger partial charge >= 0.3 is 29.6 Å². The minimum atomic E-state index is -1.55. The first-order valence-electron chi connectivity index (χ1n) is 5.15. The second-order valence-electron chi connectivity index (χ2n) is 3.52. The molecule has 0 unspecified atom stereocenters. The van der Waals surface area contributed by atoms with Crippen LogP contribution in [0.1, 0.15) is 38.2 Å². The zero-order valence-electron chi connectivity index (χ0n) is 9.53. The van der Waals surface area contributed by atoms with E-state index in [1.165, 1.54) is 42.6 Å². The molecule has 0 amide bonds. The maximum atomic E-state index is 10.7. The Morgan fingerprint density at radius 1 is 1.40 bits per heavy atom. The zero-order chi connectivity index (χ0) is 10.4. The average molecular weight is 234 g/mol. The molecule has 0 fully saturated rings. The molecule has 0 atom stereocenters. The predicted molar refractivity (Wildman–Crippen MR) is 59.8 cm³/mol. The van der Waals surface area contributed by atoms with Crippen molar-refractivity contribution < 1.29 is 39.6 Å². The van der Waals surface area contributed by atoms with Crippen LogP contribution in [0.25, 0.3) is 0 Å². The Kier molecular flexibility index (Phi) is 9.19. The number of hydrogen-bond donors (Lipinski definition) is 1. The van der Waals surface area contributed by atoms with Crippen molar-refractivity contribution >= 4 is 23.2 Å². The van der Waals surface area contributed by atoms with Gasteiger partial charge in [-0.05, 0) is 28.6 Å². The van der Waals surface area contributed by atoms with Crippen molar-refractivity contribution in [2.24, 2.45) is 0 Å².